The molecule has 2 heteroatoms. The van der Waals surface area contributed by atoms with Crippen LogP contribution in [0.15, 0.2) is 29.6 Å². The predicted molar refractivity (Wildman–Crippen MR) is 68.7 cm³/mol. The highest BCUT2D eigenvalue weighted by molar-refractivity contribution is 7.17. The van der Waals surface area contributed by atoms with Crippen molar-refractivity contribution in [2.24, 2.45) is 5.92 Å². The Morgan fingerprint density at radius 2 is 2.19 bits per heavy atom. The zero-order chi connectivity index (χ0) is 11.2. The molecule has 1 aromatic heterocycles. The third-order valence-corrected chi connectivity index (χ3v) is 4.70. The highest BCUT2D eigenvalue weighted by Crippen LogP contribution is 2.49. The van der Waals surface area contributed by atoms with Gasteiger partial charge in [-0.2, -0.15) is 0 Å². The smallest absolute Gasteiger partial charge is 0.0935 e. The molecule has 0 saturated heterocycles. The molecule has 3 rings (SSSR count). The lowest BCUT2D eigenvalue weighted by Gasteiger charge is -2.28. The summed E-state index contributed by atoms with van der Waals surface area (Å²) in [4.78, 5) is 0. The van der Waals surface area contributed by atoms with Gasteiger partial charge in [0.05, 0.1) is 5.60 Å². The van der Waals surface area contributed by atoms with Crippen LogP contribution in [0.2, 0.25) is 0 Å². The molecule has 1 saturated carbocycles. The number of aliphatic hydroxyl groups is 1. The van der Waals surface area contributed by atoms with E-state index in [0.717, 1.165) is 12.0 Å². The SMILES string of the molecule is CCC(O)(c1cccc2ccsc12)C1CC1. The topological polar surface area (TPSA) is 20.2 Å². The molecule has 16 heavy (non-hydrogen) atoms. The molecule has 84 valence electrons. The lowest BCUT2D eigenvalue weighted by atomic mass is 9.86. The average Bonchev–Trinajstić information content (AvgIpc) is 3.06. The Bertz CT molecular complexity index is 512. The van der Waals surface area contributed by atoms with Crippen LogP contribution >= 0.6 is 11.3 Å². The maximum Gasteiger partial charge on any atom is 0.0935 e. The lowest BCUT2D eigenvalue weighted by molar-refractivity contribution is 0.0105. The average molecular weight is 232 g/mol. The molecule has 1 fully saturated rings. The normalized spacial score (nSPS) is 19.9. The van der Waals surface area contributed by atoms with Crippen LogP contribution in [0.4, 0.5) is 0 Å². The van der Waals surface area contributed by atoms with Gasteiger partial charge in [-0.1, -0.05) is 25.1 Å². The Labute approximate surface area is 99.7 Å². The number of benzene rings is 1. The summed E-state index contributed by atoms with van der Waals surface area (Å²) in [6, 6.07) is 8.42. The number of fused-ring (bicyclic) bond motifs is 1. The molecule has 0 bridgehead atoms. The maximum atomic E-state index is 10.9. The second-order valence-electron chi connectivity index (χ2n) is 4.70. The van der Waals surface area contributed by atoms with E-state index >= 15 is 0 Å². The quantitative estimate of drug-likeness (QED) is 0.850. The van der Waals surface area contributed by atoms with Crippen LogP contribution in [0.3, 0.4) is 0 Å². The van der Waals surface area contributed by atoms with E-state index in [4.69, 9.17) is 0 Å². The van der Waals surface area contributed by atoms with E-state index < -0.39 is 5.60 Å². The molecule has 0 aliphatic heterocycles. The zero-order valence-corrected chi connectivity index (χ0v) is 10.3. The van der Waals surface area contributed by atoms with Crippen molar-refractivity contribution in [2.75, 3.05) is 0 Å². The molecule has 1 nitrogen and oxygen atoms in total. The minimum absolute atomic E-state index is 0.477. The van der Waals surface area contributed by atoms with Gasteiger partial charge in [0.25, 0.3) is 0 Å². The van der Waals surface area contributed by atoms with Crippen molar-refractivity contribution in [3.8, 4) is 0 Å². The number of hydrogen-bond acceptors (Lipinski definition) is 2. The first kappa shape index (κ1) is 10.3. The molecule has 0 spiro atoms. The van der Waals surface area contributed by atoms with Gasteiger partial charge in [-0.15, -0.1) is 11.3 Å². The predicted octanol–water partition coefficient (Wildman–Crippen LogP) is 3.91. The first-order chi connectivity index (χ1) is 7.75. The molecule has 0 amide bonds. The number of hydrogen-bond donors (Lipinski definition) is 1. The summed E-state index contributed by atoms with van der Waals surface area (Å²) in [7, 11) is 0. The van der Waals surface area contributed by atoms with Crippen LogP contribution in [-0.2, 0) is 5.60 Å². The molecule has 1 heterocycles. The molecule has 1 aliphatic rings. The molecule has 1 unspecified atom stereocenters. The largest absolute Gasteiger partial charge is 0.385 e. The molecule has 2 aromatic rings. The molecule has 0 radical (unpaired) electrons. The molecule has 1 atom stereocenters. The summed E-state index contributed by atoms with van der Waals surface area (Å²) in [5, 5.41) is 14.2. The zero-order valence-electron chi connectivity index (χ0n) is 9.44. The van der Waals surface area contributed by atoms with Crippen molar-refractivity contribution < 1.29 is 5.11 Å². The fourth-order valence-corrected chi connectivity index (χ4v) is 3.59. The van der Waals surface area contributed by atoms with Crippen molar-refractivity contribution in [2.45, 2.75) is 31.8 Å². The molecular formula is C14H16OS. The second kappa shape index (κ2) is 3.57. The van der Waals surface area contributed by atoms with Crippen LogP contribution in [-0.4, -0.2) is 5.11 Å². The summed E-state index contributed by atoms with van der Waals surface area (Å²) in [6.45, 7) is 2.09. The monoisotopic (exact) mass is 232 g/mol. The number of thiophene rings is 1. The molecule has 1 aliphatic carbocycles. The molecule has 1 aromatic carbocycles. The van der Waals surface area contributed by atoms with E-state index in [9.17, 15) is 5.11 Å². The Hall–Kier alpha value is -0.860. The van der Waals surface area contributed by atoms with Crippen molar-refractivity contribution in [3.63, 3.8) is 0 Å². The van der Waals surface area contributed by atoms with Gasteiger partial charge in [-0.3, -0.25) is 0 Å². The van der Waals surface area contributed by atoms with Crippen molar-refractivity contribution >= 4 is 21.4 Å². The minimum atomic E-state index is -0.593. The van der Waals surface area contributed by atoms with Crippen LogP contribution in [0.1, 0.15) is 31.7 Å². The van der Waals surface area contributed by atoms with E-state index in [1.807, 2.05) is 0 Å². The van der Waals surface area contributed by atoms with Crippen molar-refractivity contribution in [1.29, 1.82) is 0 Å². The van der Waals surface area contributed by atoms with Gasteiger partial charge >= 0.3 is 0 Å². The van der Waals surface area contributed by atoms with Gasteiger partial charge < -0.3 is 5.11 Å². The van der Waals surface area contributed by atoms with Crippen LogP contribution in [0.25, 0.3) is 10.1 Å². The van der Waals surface area contributed by atoms with Gasteiger partial charge in [0.15, 0.2) is 0 Å². The van der Waals surface area contributed by atoms with Crippen molar-refractivity contribution in [3.05, 3.63) is 35.2 Å². The van der Waals surface area contributed by atoms with Crippen molar-refractivity contribution in [1.82, 2.24) is 0 Å². The summed E-state index contributed by atoms with van der Waals surface area (Å²) < 4.78 is 1.26. The van der Waals surface area contributed by atoms with E-state index in [-0.39, 0.29) is 0 Å². The van der Waals surface area contributed by atoms with E-state index in [2.05, 4.69) is 36.6 Å². The van der Waals surface area contributed by atoms with Crippen LogP contribution in [0, 0.1) is 5.92 Å². The van der Waals surface area contributed by atoms with E-state index in [1.54, 1.807) is 11.3 Å². The Morgan fingerprint density at radius 3 is 2.88 bits per heavy atom. The Morgan fingerprint density at radius 1 is 1.38 bits per heavy atom. The molecular weight excluding hydrogens is 216 g/mol. The third kappa shape index (κ3) is 1.40. The minimum Gasteiger partial charge on any atom is -0.385 e. The van der Waals surface area contributed by atoms with Gasteiger partial charge in [0.1, 0.15) is 0 Å². The highest BCUT2D eigenvalue weighted by Gasteiger charge is 2.44. The lowest BCUT2D eigenvalue weighted by Crippen LogP contribution is -2.27. The van der Waals surface area contributed by atoms with Gasteiger partial charge in [0, 0.05) is 10.3 Å². The first-order valence-corrected chi connectivity index (χ1v) is 6.82. The third-order valence-electron chi connectivity index (χ3n) is 3.74. The molecule has 1 N–H and O–H groups in total. The standard InChI is InChI=1S/C14H16OS/c1-2-14(15,11-6-7-11)12-5-3-4-10-8-9-16-13(10)12/h3-5,8-9,11,15H,2,6-7H2,1H3. The highest BCUT2D eigenvalue weighted by atomic mass is 32.1. The Balaban J connectivity index is 2.19. The summed E-state index contributed by atoms with van der Waals surface area (Å²) in [5.74, 6) is 0.477. The van der Waals surface area contributed by atoms with Gasteiger partial charge in [-0.25, -0.2) is 0 Å². The van der Waals surface area contributed by atoms with Gasteiger partial charge in [0.2, 0.25) is 0 Å². The summed E-state index contributed by atoms with van der Waals surface area (Å²) >= 11 is 1.74. The summed E-state index contributed by atoms with van der Waals surface area (Å²) in [5.41, 5.74) is 0.551. The maximum absolute atomic E-state index is 10.9. The van der Waals surface area contributed by atoms with Gasteiger partial charge in [-0.05, 0) is 42.0 Å². The Kier molecular flexibility index (Phi) is 2.30. The fourth-order valence-electron chi connectivity index (χ4n) is 2.59. The second-order valence-corrected chi connectivity index (χ2v) is 5.61. The first-order valence-electron chi connectivity index (χ1n) is 5.95. The summed E-state index contributed by atoms with van der Waals surface area (Å²) in [6.07, 6.45) is 3.16. The van der Waals surface area contributed by atoms with Crippen LogP contribution in [0.5, 0.6) is 0 Å². The van der Waals surface area contributed by atoms with E-state index in [0.29, 0.717) is 5.92 Å². The number of rotatable bonds is 3. The van der Waals surface area contributed by atoms with E-state index in [1.165, 1.54) is 22.9 Å². The fraction of sp³-hybridized carbons (Fsp3) is 0.429. The van der Waals surface area contributed by atoms with Crippen LogP contribution < -0.4 is 0 Å².